The number of rotatable bonds is 8. The van der Waals surface area contributed by atoms with Gasteiger partial charge in [0, 0.05) is 13.5 Å². The van der Waals surface area contributed by atoms with E-state index in [0.29, 0.717) is 18.2 Å². The first-order chi connectivity index (χ1) is 14.2. The van der Waals surface area contributed by atoms with Gasteiger partial charge in [-0.2, -0.15) is 8.62 Å². The first kappa shape index (κ1) is 24.5. The van der Waals surface area contributed by atoms with Crippen LogP contribution in [0, 0.1) is 0 Å². The van der Waals surface area contributed by atoms with Crippen molar-refractivity contribution in [3.05, 3.63) is 6.33 Å². The number of aliphatic hydroxyl groups excluding tert-OH is 1. The topological polar surface area (TPSA) is 248 Å². The monoisotopic (exact) mass is 507 g/mol. The van der Waals surface area contributed by atoms with Crippen LogP contribution >= 0.6 is 23.5 Å². The molecule has 0 aliphatic carbocycles. The minimum absolute atomic E-state index is 0.0572. The van der Waals surface area contributed by atoms with E-state index < -0.39 is 48.5 Å². The number of aliphatic hydroxyl groups is 1. The van der Waals surface area contributed by atoms with Gasteiger partial charge in [0.1, 0.15) is 24.3 Å². The molecule has 1 fully saturated rings. The van der Waals surface area contributed by atoms with Gasteiger partial charge in [0.15, 0.2) is 11.6 Å². The average Bonchev–Trinajstić information content (AvgIpc) is 3.11. The van der Waals surface area contributed by atoms with Gasteiger partial charge in [0.25, 0.3) is 0 Å². The number of phosphoric acid groups is 3. The summed E-state index contributed by atoms with van der Waals surface area (Å²) in [6, 6.07) is 0. The number of ether oxygens (including phenoxy) is 1. The van der Waals surface area contributed by atoms with Gasteiger partial charge in [-0.25, -0.2) is 23.7 Å². The fraction of sp³-hybridized carbons (Fsp3) is 0.636. The van der Waals surface area contributed by atoms with Crippen LogP contribution in [0.15, 0.2) is 6.33 Å². The highest BCUT2D eigenvalue weighted by Gasteiger charge is 2.44. The molecule has 2 aliphatic heterocycles. The van der Waals surface area contributed by atoms with Gasteiger partial charge < -0.3 is 45.0 Å². The third-order valence-corrected chi connectivity index (χ3v) is 8.02. The van der Waals surface area contributed by atoms with Gasteiger partial charge in [-0.1, -0.05) is 0 Å². The second-order valence-corrected chi connectivity index (χ2v) is 11.0. The molecule has 17 nitrogen and oxygen atoms in total. The maximum absolute atomic E-state index is 11.8. The molecule has 1 saturated heterocycles. The number of hydrogen-bond acceptors (Lipinski definition) is 13. The van der Waals surface area contributed by atoms with E-state index in [-0.39, 0.29) is 12.2 Å². The maximum atomic E-state index is 11.8. The average molecular weight is 507 g/mol. The van der Waals surface area contributed by atoms with Crippen LogP contribution in [0.1, 0.15) is 6.42 Å². The summed E-state index contributed by atoms with van der Waals surface area (Å²) in [5, 5.41) is 10.2. The summed E-state index contributed by atoms with van der Waals surface area (Å²) in [6.07, 6.45) is -1.71. The molecule has 0 spiro atoms. The van der Waals surface area contributed by atoms with Crippen molar-refractivity contribution in [1.29, 1.82) is 0 Å². The number of nitrogens with zero attached hydrogens (tertiary/aromatic N) is 4. The van der Waals surface area contributed by atoms with Crippen molar-refractivity contribution >= 4 is 40.8 Å². The summed E-state index contributed by atoms with van der Waals surface area (Å²) in [7, 11) is -14.7. The Morgan fingerprint density at radius 2 is 1.87 bits per heavy atom. The van der Waals surface area contributed by atoms with Crippen LogP contribution in [0.2, 0.25) is 0 Å². The highest BCUT2D eigenvalue weighted by Crippen LogP contribution is 2.66. The molecule has 7 N–H and O–H groups in total. The molecule has 0 amide bonds. The molecule has 2 unspecified atom stereocenters. The van der Waals surface area contributed by atoms with Gasteiger partial charge in [-0.05, 0) is 0 Å². The fourth-order valence-corrected chi connectivity index (χ4v) is 6.11. The Morgan fingerprint density at radius 3 is 2.52 bits per heavy atom. The summed E-state index contributed by atoms with van der Waals surface area (Å²) in [6.45, 7) is -0.456. The molecule has 1 aromatic heterocycles. The quantitative estimate of drug-likeness (QED) is 0.233. The fourth-order valence-electron chi connectivity index (χ4n) is 3.08. The first-order valence-corrected chi connectivity index (χ1v) is 12.9. The highest BCUT2D eigenvalue weighted by atomic mass is 31.3. The number of aromatic nitrogens is 2. The van der Waals surface area contributed by atoms with Crippen molar-refractivity contribution in [2.75, 3.05) is 35.9 Å². The highest BCUT2D eigenvalue weighted by molar-refractivity contribution is 7.66. The Hall–Kier alpha value is -1.19. The Bertz CT molecular complexity index is 975. The molecule has 176 valence electrons. The number of nitrogen functional groups attached to an aromatic ring is 1. The van der Waals surface area contributed by atoms with Crippen molar-refractivity contribution in [2.45, 2.75) is 24.9 Å². The van der Waals surface area contributed by atoms with Crippen LogP contribution in [0.4, 0.5) is 17.3 Å². The van der Waals surface area contributed by atoms with E-state index in [1.165, 1.54) is 6.33 Å². The minimum Gasteiger partial charge on any atom is -0.390 e. The molecule has 31 heavy (non-hydrogen) atoms. The van der Waals surface area contributed by atoms with Crippen molar-refractivity contribution in [2.24, 2.45) is 0 Å². The molecule has 3 heterocycles. The predicted octanol–water partition coefficient (Wildman–Crippen LogP) is -0.908. The van der Waals surface area contributed by atoms with E-state index in [0.717, 1.165) is 0 Å². The molecule has 3 rings (SSSR count). The smallest absolute Gasteiger partial charge is 0.390 e. The Labute approximate surface area is 174 Å². The van der Waals surface area contributed by atoms with Crippen molar-refractivity contribution in [3.8, 4) is 0 Å². The lowest BCUT2D eigenvalue weighted by Crippen LogP contribution is -2.38. The van der Waals surface area contributed by atoms with Gasteiger partial charge >= 0.3 is 23.5 Å². The third-order valence-electron chi connectivity index (χ3n) is 4.22. The zero-order chi connectivity index (χ0) is 23.2. The molecule has 0 aromatic carbocycles. The zero-order valence-corrected chi connectivity index (χ0v) is 18.4. The standard InChI is InChI=1S/C11H20N5O12P3/c1-15-5-16(11-9(15)10(12)13-4-14-11)8-2-6(17)7(26-8)3-25-30(21,22)28-31(23,24)27-29(18,19)20/h4,6-8,17H,2-3,5H2,1H3,(H,21,22)(H,23,24)(H2,12,13,14)(H2,18,19,20)/t6-,7+,8+/m0/s1. The number of fused-ring (bicyclic) bond motifs is 1. The molecule has 1 aromatic rings. The molecular formula is C11H20N5O12P3. The van der Waals surface area contributed by atoms with Crippen molar-refractivity contribution < 1.29 is 56.3 Å². The molecule has 0 radical (unpaired) electrons. The van der Waals surface area contributed by atoms with Gasteiger partial charge in [0.05, 0.1) is 19.4 Å². The second kappa shape index (κ2) is 8.63. The SMILES string of the molecule is CN1CN([C@H]2C[C@H](O)[C@@H](COP(=O)(O)OP(=O)(O)OP(=O)(O)O)O2)c2ncnc(N)c21. The van der Waals surface area contributed by atoms with E-state index in [9.17, 15) is 23.7 Å². The lowest BCUT2D eigenvalue weighted by molar-refractivity contribution is -0.0215. The van der Waals surface area contributed by atoms with Crippen LogP contribution in [0.25, 0.3) is 0 Å². The number of anilines is 3. The maximum Gasteiger partial charge on any atom is 0.490 e. The van der Waals surface area contributed by atoms with E-state index in [4.69, 9.17) is 25.2 Å². The number of phosphoric ester groups is 1. The zero-order valence-electron chi connectivity index (χ0n) is 15.7. The summed E-state index contributed by atoms with van der Waals surface area (Å²) in [5.74, 6) is 0.707. The van der Waals surface area contributed by atoms with E-state index in [1.807, 2.05) is 0 Å². The normalized spacial score (nSPS) is 27.7. The number of hydrogen-bond donors (Lipinski definition) is 6. The molecule has 5 atom stereocenters. The lowest BCUT2D eigenvalue weighted by atomic mass is 10.2. The second-order valence-electron chi connectivity index (χ2n) is 6.56. The molecule has 0 saturated carbocycles. The van der Waals surface area contributed by atoms with E-state index in [2.05, 4.69) is 23.1 Å². The van der Waals surface area contributed by atoms with Crippen LogP contribution in [0.5, 0.6) is 0 Å². The third kappa shape index (κ3) is 5.99. The van der Waals surface area contributed by atoms with Gasteiger partial charge in [-0.15, -0.1) is 0 Å². The molecule has 0 bridgehead atoms. The molecule has 2 aliphatic rings. The largest absolute Gasteiger partial charge is 0.490 e. The van der Waals surface area contributed by atoms with E-state index in [1.54, 1.807) is 16.8 Å². The Kier molecular flexibility index (Phi) is 6.81. The van der Waals surface area contributed by atoms with Crippen LogP contribution in [-0.2, 0) is 31.6 Å². The van der Waals surface area contributed by atoms with Crippen molar-refractivity contribution in [3.63, 3.8) is 0 Å². The Balaban J connectivity index is 1.61. The Morgan fingerprint density at radius 1 is 1.19 bits per heavy atom. The summed E-state index contributed by atoms with van der Waals surface area (Å²) < 4.78 is 51.2. The summed E-state index contributed by atoms with van der Waals surface area (Å²) in [5.41, 5.74) is 6.42. The predicted molar refractivity (Wildman–Crippen MR) is 101 cm³/mol. The van der Waals surface area contributed by atoms with Gasteiger partial charge in [-0.3, -0.25) is 4.52 Å². The van der Waals surface area contributed by atoms with Crippen LogP contribution in [-0.4, -0.2) is 73.4 Å². The summed E-state index contributed by atoms with van der Waals surface area (Å²) >= 11 is 0. The van der Waals surface area contributed by atoms with Gasteiger partial charge in [0.2, 0.25) is 0 Å². The number of nitrogens with two attached hydrogens (primary N) is 1. The molecular weight excluding hydrogens is 487 g/mol. The van der Waals surface area contributed by atoms with Crippen LogP contribution in [0.3, 0.4) is 0 Å². The van der Waals surface area contributed by atoms with Crippen molar-refractivity contribution in [1.82, 2.24) is 9.97 Å². The summed E-state index contributed by atoms with van der Waals surface area (Å²) in [4.78, 5) is 47.2. The lowest BCUT2D eigenvalue weighted by Gasteiger charge is -2.25. The molecule has 20 heteroatoms. The van der Waals surface area contributed by atoms with E-state index >= 15 is 0 Å². The van der Waals surface area contributed by atoms with Crippen LogP contribution < -0.4 is 15.5 Å². The first-order valence-electron chi connectivity index (χ1n) is 8.37. The minimum atomic E-state index is -5.63.